The molecule has 0 spiro atoms. The molecule has 1 heteroatoms. The van der Waals surface area contributed by atoms with Gasteiger partial charge in [-0.25, -0.2) is 0 Å². The van der Waals surface area contributed by atoms with E-state index in [0.717, 1.165) is 19.4 Å². The van der Waals surface area contributed by atoms with Crippen LogP contribution >= 0.6 is 0 Å². The van der Waals surface area contributed by atoms with E-state index >= 15 is 0 Å². The lowest BCUT2D eigenvalue weighted by molar-refractivity contribution is 0.630. The summed E-state index contributed by atoms with van der Waals surface area (Å²) in [4.78, 5) is 0. The summed E-state index contributed by atoms with van der Waals surface area (Å²) >= 11 is 0. The van der Waals surface area contributed by atoms with Gasteiger partial charge < -0.3 is 5.73 Å². The molecule has 0 aliphatic carbocycles. The van der Waals surface area contributed by atoms with Gasteiger partial charge in [0.15, 0.2) is 0 Å². The van der Waals surface area contributed by atoms with Crippen LogP contribution in [0, 0.1) is 13.8 Å². The molecule has 0 heterocycles. The van der Waals surface area contributed by atoms with E-state index < -0.39 is 0 Å². The van der Waals surface area contributed by atoms with Crippen molar-refractivity contribution in [3.8, 4) is 0 Å². The van der Waals surface area contributed by atoms with Crippen LogP contribution in [-0.4, -0.2) is 6.54 Å². The molecule has 1 nitrogen and oxygen atoms in total. The average Bonchev–Trinajstić information content (AvgIpc) is 2.55. The highest BCUT2D eigenvalue weighted by molar-refractivity contribution is 5.35. The van der Waals surface area contributed by atoms with Crippen LogP contribution in [0.4, 0.5) is 0 Å². The molecule has 2 aromatic carbocycles. The van der Waals surface area contributed by atoms with Gasteiger partial charge in [-0.3, -0.25) is 0 Å². The molecule has 1 atom stereocenters. The average molecular weight is 309 g/mol. The first-order valence-electron chi connectivity index (χ1n) is 8.96. The zero-order chi connectivity index (χ0) is 16.7. The molecule has 0 radical (unpaired) electrons. The van der Waals surface area contributed by atoms with Crippen LogP contribution < -0.4 is 5.73 Å². The molecule has 0 aromatic heterocycles. The molecule has 0 saturated carbocycles. The van der Waals surface area contributed by atoms with Gasteiger partial charge in [-0.2, -0.15) is 0 Å². The highest BCUT2D eigenvalue weighted by atomic mass is 14.5. The molecular weight excluding hydrogens is 278 g/mol. The monoisotopic (exact) mass is 309 g/mol. The molecule has 2 aromatic rings. The van der Waals surface area contributed by atoms with E-state index in [4.69, 9.17) is 5.73 Å². The van der Waals surface area contributed by atoms with Gasteiger partial charge in [-0.15, -0.1) is 0 Å². The lowest BCUT2D eigenvalue weighted by Gasteiger charge is -2.16. The van der Waals surface area contributed by atoms with Crippen molar-refractivity contribution in [2.24, 2.45) is 5.73 Å². The standard InChI is InChI=1S/C22H31N/c1-17-8-5-14-22(19(17)3)18(2)9-4-10-20-11-6-12-21(16-20)13-7-15-23/h5-6,8,11-12,14,16,18H,4,7,9-10,13,15,23H2,1-3H3. The van der Waals surface area contributed by atoms with Crippen LogP contribution in [0.15, 0.2) is 42.5 Å². The summed E-state index contributed by atoms with van der Waals surface area (Å²) in [5.74, 6) is 0.635. The highest BCUT2D eigenvalue weighted by Gasteiger charge is 2.09. The quantitative estimate of drug-likeness (QED) is 0.701. The summed E-state index contributed by atoms with van der Waals surface area (Å²) in [6, 6.07) is 15.7. The van der Waals surface area contributed by atoms with Crippen LogP contribution in [0.2, 0.25) is 0 Å². The zero-order valence-electron chi connectivity index (χ0n) is 14.9. The van der Waals surface area contributed by atoms with Gasteiger partial charge in [0, 0.05) is 0 Å². The van der Waals surface area contributed by atoms with E-state index in [9.17, 15) is 0 Å². The van der Waals surface area contributed by atoms with E-state index in [1.54, 1.807) is 0 Å². The van der Waals surface area contributed by atoms with E-state index in [1.807, 2.05) is 0 Å². The van der Waals surface area contributed by atoms with Crippen molar-refractivity contribution in [1.29, 1.82) is 0 Å². The number of nitrogens with two attached hydrogens (primary N) is 1. The second-order valence-corrected chi connectivity index (χ2v) is 6.79. The van der Waals surface area contributed by atoms with Crippen molar-refractivity contribution < 1.29 is 0 Å². The maximum absolute atomic E-state index is 5.61. The van der Waals surface area contributed by atoms with Gasteiger partial charge in [0.2, 0.25) is 0 Å². The molecule has 23 heavy (non-hydrogen) atoms. The lowest BCUT2D eigenvalue weighted by atomic mass is 9.89. The van der Waals surface area contributed by atoms with Crippen LogP contribution in [0.25, 0.3) is 0 Å². The molecule has 0 aliphatic heterocycles. The Bertz CT molecular complexity index is 615. The SMILES string of the molecule is Cc1cccc(C(C)CCCc2cccc(CCCN)c2)c1C. The van der Waals surface area contributed by atoms with E-state index in [-0.39, 0.29) is 0 Å². The molecular formula is C22H31N. The van der Waals surface area contributed by atoms with Gasteiger partial charge >= 0.3 is 0 Å². The van der Waals surface area contributed by atoms with Gasteiger partial charge in [-0.1, -0.05) is 49.4 Å². The molecule has 0 aliphatic rings. The van der Waals surface area contributed by atoms with E-state index in [0.29, 0.717) is 5.92 Å². The summed E-state index contributed by atoms with van der Waals surface area (Å²) < 4.78 is 0. The summed E-state index contributed by atoms with van der Waals surface area (Å²) in [6.45, 7) is 7.59. The molecule has 0 saturated heterocycles. The summed E-state index contributed by atoms with van der Waals surface area (Å²) in [7, 11) is 0. The summed E-state index contributed by atoms with van der Waals surface area (Å²) in [6.07, 6.45) is 5.84. The smallest absolute Gasteiger partial charge is 0.00741 e. The minimum atomic E-state index is 0.635. The predicted molar refractivity (Wildman–Crippen MR) is 101 cm³/mol. The van der Waals surface area contributed by atoms with Gasteiger partial charge in [-0.05, 0) is 86.2 Å². The summed E-state index contributed by atoms with van der Waals surface area (Å²) in [5, 5.41) is 0. The van der Waals surface area contributed by atoms with Crippen LogP contribution in [-0.2, 0) is 12.8 Å². The maximum atomic E-state index is 5.61. The maximum Gasteiger partial charge on any atom is -0.00741 e. The van der Waals surface area contributed by atoms with E-state index in [2.05, 4.69) is 63.2 Å². The number of aryl methyl sites for hydroxylation is 3. The van der Waals surface area contributed by atoms with E-state index in [1.165, 1.54) is 47.1 Å². The first kappa shape index (κ1) is 17.7. The number of hydrogen-bond acceptors (Lipinski definition) is 1. The van der Waals surface area contributed by atoms with Crippen molar-refractivity contribution in [3.63, 3.8) is 0 Å². The van der Waals surface area contributed by atoms with Crippen molar-refractivity contribution in [2.75, 3.05) is 6.54 Å². The van der Waals surface area contributed by atoms with Gasteiger partial charge in [0.05, 0.1) is 0 Å². The third kappa shape index (κ3) is 5.21. The van der Waals surface area contributed by atoms with Crippen LogP contribution in [0.5, 0.6) is 0 Å². The fourth-order valence-corrected chi connectivity index (χ4v) is 3.32. The Morgan fingerprint density at radius 1 is 0.913 bits per heavy atom. The number of rotatable bonds is 8. The molecule has 2 rings (SSSR count). The predicted octanol–water partition coefficient (Wildman–Crippen LogP) is 5.32. The Labute approximate surface area is 141 Å². The Kier molecular flexibility index (Phi) is 6.85. The van der Waals surface area contributed by atoms with Gasteiger partial charge in [0.25, 0.3) is 0 Å². The largest absolute Gasteiger partial charge is 0.330 e. The van der Waals surface area contributed by atoms with Crippen molar-refractivity contribution in [3.05, 3.63) is 70.3 Å². The molecule has 1 unspecified atom stereocenters. The molecule has 0 fully saturated rings. The van der Waals surface area contributed by atoms with Crippen molar-refractivity contribution in [2.45, 2.75) is 58.8 Å². The highest BCUT2D eigenvalue weighted by Crippen LogP contribution is 2.26. The molecule has 0 bridgehead atoms. The van der Waals surface area contributed by atoms with Crippen LogP contribution in [0.1, 0.15) is 59.9 Å². The normalized spacial score (nSPS) is 12.3. The van der Waals surface area contributed by atoms with Crippen molar-refractivity contribution >= 4 is 0 Å². The lowest BCUT2D eigenvalue weighted by Crippen LogP contribution is -2.01. The minimum absolute atomic E-state index is 0.635. The third-order valence-electron chi connectivity index (χ3n) is 4.94. The summed E-state index contributed by atoms with van der Waals surface area (Å²) in [5.41, 5.74) is 12.9. The second-order valence-electron chi connectivity index (χ2n) is 6.79. The first-order valence-corrected chi connectivity index (χ1v) is 8.96. The topological polar surface area (TPSA) is 26.0 Å². The van der Waals surface area contributed by atoms with Crippen molar-refractivity contribution in [1.82, 2.24) is 0 Å². The molecule has 0 amide bonds. The zero-order valence-corrected chi connectivity index (χ0v) is 14.9. The van der Waals surface area contributed by atoms with Gasteiger partial charge in [0.1, 0.15) is 0 Å². The Balaban J connectivity index is 1.88. The molecule has 124 valence electrons. The number of benzene rings is 2. The Hall–Kier alpha value is -1.60. The number of hydrogen-bond donors (Lipinski definition) is 1. The Morgan fingerprint density at radius 3 is 2.26 bits per heavy atom. The van der Waals surface area contributed by atoms with Crippen LogP contribution in [0.3, 0.4) is 0 Å². The minimum Gasteiger partial charge on any atom is -0.330 e. The Morgan fingerprint density at radius 2 is 1.57 bits per heavy atom. The first-order chi connectivity index (χ1) is 11.1. The fraction of sp³-hybridized carbons (Fsp3) is 0.455. The third-order valence-corrected chi connectivity index (χ3v) is 4.94. The molecule has 2 N–H and O–H groups in total. The second kappa shape index (κ2) is 8.88. The fourth-order valence-electron chi connectivity index (χ4n) is 3.32.